The Morgan fingerprint density at radius 2 is 2.18 bits per heavy atom. The van der Waals surface area contributed by atoms with Gasteiger partial charge in [-0.05, 0) is 12.0 Å². The quantitative estimate of drug-likeness (QED) is 0.861. The fourth-order valence-corrected chi connectivity index (χ4v) is 2.19. The van der Waals surface area contributed by atoms with Gasteiger partial charge in [0.15, 0.2) is 0 Å². The van der Waals surface area contributed by atoms with Crippen molar-refractivity contribution in [2.75, 3.05) is 0 Å². The summed E-state index contributed by atoms with van der Waals surface area (Å²) < 4.78 is 1.81. The van der Waals surface area contributed by atoms with Gasteiger partial charge in [-0.25, -0.2) is 4.98 Å². The normalized spacial score (nSPS) is 22.6. The lowest BCUT2D eigenvalue weighted by Gasteiger charge is -2.03. The van der Waals surface area contributed by atoms with Crippen molar-refractivity contribution in [1.82, 2.24) is 20.1 Å². The predicted octanol–water partition coefficient (Wildman–Crippen LogP) is 1.46. The van der Waals surface area contributed by atoms with Crippen molar-refractivity contribution in [3.63, 3.8) is 0 Å². The first-order valence-corrected chi connectivity index (χ1v) is 5.96. The average molecular weight is 228 g/mol. The molecule has 0 aliphatic heterocycles. The van der Waals surface area contributed by atoms with E-state index in [2.05, 4.69) is 45.7 Å². The smallest absolute Gasteiger partial charge is 0.140 e. The Kier molecular flexibility index (Phi) is 2.65. The van der Waals surface area contributed by atoms with Crippen molar-refractivity contribution < 1.29 is 0 Å². The number of aromatic nitrogens is 3. The average Bonchev–Trinajstić information content (AvgIpc) is 3.04. The molecule has 3 rings (SSSR count). The van der Waals surface area contributed by atoms with Gasteiger partial charge >= 0.3 is 0 Å². The first kappa shape index (κ1) is 10.5. The summed E-state index contributed by atoms with van der Waals surface area (Å²) in [6.07, 6.45) is 2.82. The minimum atomic E-state index is 0.592. The minimum Gasteiger partial charge on any atom is -0.306 e. The molecule has 1 aliphatic carbocycles. The van der Waals surface area contributed by atoms with E-state index in [1.54, 1.807) is 6.33 Å². The molecule has 0 radical (unpaired) electrons. The lowest BCUT2D eigenvalue weighted by atomic mass is 10.1. The molecule has 1 fully saturated rings. The zero-order chi connectivity index (χ0) is 11.7. The highest BCUT2D eigenvalue weighted by Gasteiger charge is 2.37. The van der Waals surface area contributed by atoms with Crippen LogP contribution in [-0.4, -0.2) is 20.8 Å². The number of rotatable bonds is 4. The van der Waals surface area contributed by atoms with Crippen molar-refractivity contribution >= 4 is 0 Å². The molecule has 0 amide bonds. The molecule has 4 nitrogen and oxygen atoms in total. The van der Waals surface area contributed by atoms with Gasteiger partial charge in [0.05, 0.1) is 6.54 Å². The molecule has 0 saturated heterocycles. The fourth-order valence-electron chi connectivity index (χ4n) is 2.19. The number of aryl methyl sites for hydroxylation is 1. The third-order valence-electron chi connectivity index (χ3n) is 3.35. The van der Waals surface area contributed by atoms with E-state index in [1.165, 1.54) is 12.0 Å². The Labute approximate surface area is 101 Å². The van der Waals surface area contributed by atoms with E-state index >= 15 is 0 Å². The van der Waals surface area contributed by atoms with E-state index in [0.717, 1.165) is 12.4 Å². The fraction of sp³-hybridized carbons (Fsp3) is 0.385. The molecular formula is C13H16N4. The SMILES string of the molecule is Cn1ncnc1CNC1CC1c1ccccc1. The van der Waals surface area contributed by atoms with E-state index in [1.807, 2.05) is 11.7 Å². The van der Waals surface area contributed by atoms with Crippen molar-refractivity contribution in [2.24, 2.45) is 7.05 Å². The second-order valence-electron chi connectivity index (χ2n) is 4.54. The molecule has 88 valence electrons. The van der Waals surface area contributed by atoms with E-state index in [-0.39, 0.29) is 0 Å². The Bertz CT molecular complexity index is 491. The summed E-state index contributed by atoms with van der Waals surface area (Å²) in [6.45, 7) is 0.796. The molecule has 1 aromatic heterocycles. The van der Waals surface area contributed by atoms with Gasteiger partial charge in [-0.15, -0.1) is 0 Å². The molecule has 17 heavy (non-hydrogen) atoms. The molecule has 1 heterocycles. The zero-order valence-corrected chi connectivity index (χ0v) is 9.87. The van der Waals surface area contributed by atoms with Crippen molar-refractivity contribution in [3.05, 3.63) is 48.0 Å². The van der Waals surface area contributed by atoms with E-state index in [4.69, 9.17) is 0 Å². The zero-order valence-electron chi connectivity index (χ0n) is 9.87. The molecular weight excluding hydrogens is 212 g/mol. The molecule has 0 bridgehead atoms. The number of hydrogen-bond donors (Lipinski definition) is 1. The van der Waals surface area contributed by atoms with Gasteiger partial charge in [0, 0.05) is 19.0 Å². The number of hydrogen-bond acceptors (Lipinski definition) is 3. The lowest BCUT2D eigenvalue weighted by molar-refractivity contribution is 0.604. The second kappa shape index (κ2) is 4.30. The third kappa shape index (κ3) is 2.22. The summed E-state index contributed by atoms with van der Waals surface area (Å²) in [7, 11) is 1.92. The molecule has 1 saturated carbocycles. The van der Waals surface area contributed by atoms with Crippen LogP contribution >= 0.6 is 0 Å². The van der Waals surface area contributed by atoms with Crippen LogP contribution in [0.1, 0.15) is 23.7 Å². The van der Waals surface area contributed by atoms with Crippen molar-refractivity contribution in [2.45, 2.75) is 24.9 Å². The summed E-state index contributed by atoms with van der Waals surface area (Å²) in [5.74, 6) is 1.66. The Hall–Kier alpha value is -1.68. The van der Waals surface area contributed by atoms with Gasteiger partial charge in [-0.2, -0.15) is 5.10 Å². The maximum Gasteiger partial charge on any atom is 0.140 e. The molecule has 2 unspecified atom stereocenters. The molecule has 1 N–H and O–H groups in total. The summed E-state index contributed by atoms with van der Waals surface area (Å²) in [5.41, 5.74) is 1.43. The van der Waals surface area contributed by atoms with Crippen LogP contribution in [0.5, 0.6) is 0 Å². The van der Waals surface area contributed by atoms with Crippen LogP contribution in [0.25, 0.3) is 0 Å². The van der Waals surface area contributed by atoms with Gasteiger partial charge in [0.1, 0.15) is 12.2 Å². The van der Waals surface area contributed by atoms with Gasteiger partial charge in [0.2, 0.25) is 0 Å². The minimum absolute atomic E-state index is 0.592. The lowest BCUT2D eigenvalue weighted by Crippen LogP contribution is -2.19. The summed E-state index contributed by atoms with van der Waals surface area (Å²) in [5, 5.41) is 7.58. The molecule has 2 aromatic rings. The second-order valence-corrected chi connectivity index (χ2v) is 4.54. The van der Waals surface area contributed by atoms with Crippen LogP contribution in [0, 0.1) is 0 Å². The number of nitrogens with zero attached hydrogens (tertiary/aromatic N) is 3. The summed E-state index contributed by atoms with van der Waals surface area (Å²) in [4.78, 5) is 4.20. The molecule has 1 aromatic carbocycles. The third-order valence-corrected chi connectivity index (χ3v) is 3.35. The van der Waals surface area contributed by atoms with Crippen LogP contribution in [-0.2, 0) is 13.6 Å². The monoisotopic (exact) mass is 228 g/mol. The van der Waals surface area contributed by atoms with Gasteiger partial charge in [-0.1, -0.05) is 30.3 Å². The van der Waals surface area contributed by atoms with Gasteiger partial charge < -0.3 is 5.32 Å². The molecule has 4 heteroatoms. The van der Waals surface area contributed by atoms with Crippen molar-refractivity contribution in [3.8, 4) is 0 Å². The highest BCUT2D eigenvalue weighted by Crippen LogP contribution is 2.40. The maximum atomic E-state index is 4.20. The van der Waals surface area contributed by atoms with Crippen LogP contribution in [0.3, 0.4) is 0 Å². The molecule has 0 spiro atoms. The van der Waals surface area contributed by atoms with E-state index < -0.39 is 0 Å². The number of nitrogens with one attached hydrogen (secondary N) is 1. The van der Waals surface area contributed by atoms with Crippen molar-refractivity contribution in [1.29, 1.82) is 0 Å². The molecule has 2 atom stereocenters. The van der Waals surface area contributed by atoms with Crippen LogP contribution < -0.4 is 5.32 Å². The highest BCUT2D eigenvalue weighted by atomic mass is 15.3. The van der Waals surface area contributed by atoms with Crippen LogP contribution in [0.2, 0.25) is 0 Å². The Morgan fingerprint density at radius 3 is 2.88 bits per heavy atom. The first-order chi connectivity index (χ1) is 8.34. The van der Waals surface area contributed by atoms with E-state index in [9.17, 15) is 0 Å². The van der Waals surface area contributed by atoms with Gasteiger partial charge in [-0.3, -0.25) is 4.68 Å². The first-order valence-electron chi connectivity index (χ1n) is 5.96. The summed E-state index contributed by atoms with van der Waals surface area (Å²) in [6, 6.07) is 11.3. The van der Waals surface area contributed by atoms with Gasteiger partial charge in [0.25, 0.3) is 0 Å². The summed E-state index contributed by atoms with van der Waals surface area (Å²) >= 11 is 0. The Morgan fingerprint density at radius 1 is 1.35 bits per heavy atom. The standard InChI is InChI=1S/C13H16N4/c1-17-13(15-9-16-17)8-14-12-7-11(12)10-5-3-2-4-6-10/h2-6,9,11-12,14H,7-8H2,1H3. The van der Waals surface area contributed by atoms with E-state index in [0.29, 0.717) is 12.0 Å². The molecule has 1 aliphatic rings. The highest BCUT2D eigenvalue weighted by molar-refractivity contribution is 5.27. The maximum absolute atomic E-state index is 4.20. The predicted molar refractivity (Wildman–Crippen MR) is 65.4 cm³/mol. The Balaban J connectivity index is 1.55. The van der Waals surface area contributed by atoms with Crippen LogP contribution in [0.15, 0.2) is 36.7 Å². The largest absolute Gasteiger partial charge is 0.306 e. The number of benzene rings is 1. The topological polar surface area (TPSA) is 42.7 Å². The van der Waals surface area contributed by atoms with Crippen LogP contribution in [0.4, 0.5) is 0 Å².